The molecule has 1 saturated carbocycles. The molecule has 2 aliphatic carbocycles. The Balaban J connectivity index is 1.29. The van der Waals surface area contributed by atoms with E-state index < -0.39 is 0 Å². The van der Waals surface area contributed by atoms with Gasteiger partial charge in [0.15, 0.2) is 0 Å². The van der Waals surface area contributed by atoms with Crippen molar-refractivity contribution < 1.29 is 0 Å². The molecule has 0 spiro atoms. The molecular formula is C33H33N3. The minimum Gasteiger partial charge on any atom is -0.398 e. The van der Waals surface area contributed by atoms with Crippen LogP contribution in [0.3, 0.4) is 0 Å². The highest BCUT2D eigenvalue weighted by Crippen LogP contribution is 2.43. The Hall–Kier alpha value is -3.72. The molecule has 1 aliphatic heterocycles. The third kappa shape index (κ3) is 4.13. The number of anilines is 1. The molecule has 3 heteroatoms. The zero-order valence-electron chi connectivity index (χ0n) is 21.3. The molecule has 3 aromatic rings. The summed E-state index contributed by atoms with van der Waals surface area (Å²) in [7, 11) is 0. The predicted molar refractivity (Wildman–Crippen MR) is 152 cm³/mol. The topological polar surface area (TPSA) is 51.3 Å². The standard InChI is InChI=1S/C33H33N3/c1-4-22-8-9-24-16-21(3)32-25(18-26(24)17-22)12-13-27(36-32)14-15-28-29(23-10-11-23)19-35-33(28)31-20(2)6-5-7-30(31)34/h4-9,12-13,16-17,23H,1,10-11,14-15,18-19,34H2,2-3H3. The molecule has 6 rings (SSSR count). The highest BCUT2D eigenvalue weighted by Gasteiger charge is 2.33. The lowest BCUT2D eigenvalue weighted by Crippen LogP contribution is -2.11. The molecular weight excluding hydrogens is 438 g/mol. The summed E-state index contributed by atoms with van der Waals surface area (Å²) in [5, 5.41) is 0. The van der Waals surface area contributed by atoms with Crippen molar-refractivity contribution in [3.63, 3.8) is 0 Å². The second kappa shape index (κ2) is 9.05. The number of benzene rings is 2. The number of nitrogens with two attached hydrogens (primary N) is 1. The summed E-state index contributed by atoms with van der Waals surface area (Å²) >= 11 is 0. The first-order valence-electron chi connectivity index (χ1n) is 13.1. The molecule has 2 aromatic carbocycles. The first-order chi connectivity index (χ1) is 17.5. The van der Waals surface area contributed by atoms with Gasteiger partial charge >= 0.3 is 0 Å². The zero-order chi connectivity index (χ0) is 24.8. The normalized spacial score (nSPS) is 16.7. The van der Waals surface area contributed by atoms with Crippen LogP contribution >= 0.6 is 0 Å². The summed E-state index contributed by atoms with van der Waals surface area (Å²) in [6.45, 7) is 9.08. The fourth-order valence-electron chi connectivity index (χ4n) is 5.80. The SMILES string of the molecule is C=Cc1ccc2c(c1)Cc1ccc(CCC3=C(C4CC4)CN=C3c3c(C)cccc3N)nc1C(C)=C2. The Labute approximate surface area is 214 Å². The van der Waals surface area contributed by atoms with Crippen LogP contribution < -0.4 is 5.73 Å². The Bertz CT molecular complexity index is 1460. The van der Waals surface area contributed by atoms with Gasteiger partial charge in [-0.3, -0.25) is 9.98 Å². The first-order valence-corrected chi connectivity index (χ1v) is 13.1. The summed E-state index contributed by atoms with van der Waals surface area (Å²) in [5.74, 6) is 0.704. The van der Waals surface area contributed by atoms with Crippen LogP contribution in [0.1, 0.15) is 71.0 Å². The van der Waals surface area contributed by atoms with E-state index in [9.17, 15) is 0 Å². The number of hydrogen-bond donors (Lipinski definition) is 1. The Morgan fingerprint density at radius 3 is 2.67 bits per heavy atom. The van der Waals surface area contributed by atoms with Crippen molar-refractivity contribution in [2.75, 3.05) is 12.3 Å². The van der Waals surface area contributed by atoms with Crippen LogP contribution in [0.15, 0.2) is 71.2 Å². The van der Waals surface area contributed by atoms with Crippen molar-refractivity contribution in [2.45, 2.75) is 46.0 Å². The molecule has 1 aromatic heterocycles. The molecule has 0 radical (unpaired) electrons. The lowest BCUT2D eigenvalue weighted by Gasteiger charge is -2.15. The monoisotopic (exact) mass is 471 g/mol. The quantitative estimate of drug-likeness (QED) is 0.386. The number of nitrogens with zero attached hydrogens (tertiary/aromatic N) is 2. The minimum absolute atomic E-state index is 0.704. The third-order valence-electron chi connectivity index (χ3n) is 7.89. The van der Waals surface area contributed by atoms with Crippen LogP contribution in [0.4, 0.5) is 5.69 Å². The molecule has 180 valence electrons. The van der Waals surface area contributed by atoms with Crippen molar-refractivity contribution in [1.29, 1.82) is 0 Å². The summed E-state index contributed by atoms with van der Waals surface area (Å²) < 4.78 is 0. The van der Waals surface area contributed by atoms with Crippen molar-refractivity contribution in [3.05, 3.63) is 111 Å². The maximum atomic E-state index is 6.44. The Morgan fingerprint density at radius 1 is 1.03 bits per heavy atom. The average Bonchev–Trinajstić information content (AvgIpc) is 3.66. The number of aryl methyl sites for hydroxylation is 2. The van der Waals surface area contributed by atoms with Gasteiger partial charge in [-0.1, -0.05) is 49.1 Å². The van der Waals surface area contributed by atoms with E-state index in [1.165, 1.54) is 51.8 Å². The molecule has 1 fully saturated rings. The highest BCUT2D eigenvalue weighted by molar-refractivity contribution is 6.18. The fraction of sp³-hybridized carbons (Fsp3) is 0.273. The zero-order valence-corrected chi connectivity index (χ0v) is 21.3. The number of rotatable bonds is 6. The smallest absolute Gasteiger partial charge is 0.0706 e. The molecule has 0 unspecified atom stereocenters. The van der Waals surface area contributed by atoms with E-state index in [0.29, 0.717) is 5.92 Å². The summed E-state index contributed by atoms with van der Waals surface area (Å²) in [4.78, 5) is 10.2. The van der Waals surface area contributed by atoms with Gasteiger partial charge in [-0.15, -0.1) is 0 Å². The largest absolute Gasteiger partial charge is 0.398 e. The lowest BCUT2D eigenvalue weighted by molar-refractivity contribution is 0.877. The van der Waals surface area contributed by atoms with E-state index in [0.717, 1.165) is 59.7 Å². The number of pyridine rings is 1. The molecule has 36 heavy (non-hydrogen) atoms. The first kappa shape index (κ1) is 22.7. The molecule has 0 atom stereocenters. The molecule has 3 aliphatic rings. The fourth-order valence-corrected chi connectivity index (χ4v) is 5.80. The summed E-state index contributed by atoms with van der Waals surface area (Å²) in [5.41, 5.74) is 22.2. The van der Waals surface area contributed by atoms with Crippen LogP contribution in [0.5, 0.6) is 0 Å². The molecule has 0 bridgehead atoms. The van der Waals surface area contributed by atoms with Crippen molar-refractivity contribution >= 4 is 29.1 Å². The van der Waals surface area contributed by atoms with Crippen molar-refractivity contribution in [3.8, 4) is 0 Å². The van der Waals surface area contributed by atoms with Gasteiger partial charge in [-0.2, -0.15) is 0 Å². The third-order valence-corrected chi connectivity index (χ3v) is 7.89. The average molecular weight is 472 g/mol. The van der Waals surface area contributed by atoms with Gasteiger partial charge in [0.05, 0.1) is 18.0 Å². The van der Waals surface area contributed by atoms with Gasteiger partial charge in [0.2, 0.25) is 0 Å². The Morgan fingerprint density at radius 2 is 1.89 bits per heavy atom. The van der Waals surface area contributed by atoms with Gasteiger partial charge in [-0.05, 0) is 108 Å². The highest BCUT2D eigenvalue weighted by atomic mass is 14.8. The van der Waals surface area contributed by atoms with Gasteiger partial charge < -0.3 is 5.73 Å². The second-order valence-corrected chi connectivity index (χ2v) is 10.5. The number of allylic oxidation sites excluding steroid dienone is 2. The van der Waals surface area contributed by atoms with E-state index in [2.05, 4.69) is 62.9 Å². The van der Waals surface area contributed by atoms with Crippen LogP contribution in [0, 0.1) is 12.8 Å². The Kier molecular flexibility index (Phi) is 5.72. The number of hydrogen-bond acceptors (Lipinski definition) is 3. The van der Waals surface area contributed by atoms with Crippen LogP contribution in [-0.4, -0.2) is 17.2 Å². The van der Waals surface area contributed by atoms with Gasteiger partial charge in [0, 0.05) is 23.4 Å². The maximum absolute atomic E-state index is 6.44. The minimum atomic E-state index is 0.704. The van der Waals surface area contributed by atoms with E-state index in [-0.39, 0.29) is 0 Å². The van der Waals surface area contributed by atoms with E-state index in [1.807, 2.05) is 18.2 Å². The summed E-state index contributed by atoms with van der Waals surface area (Å²) in [6, 6.07) is 17.3. The van der Waals surface area contributed by atoms with Gasteiger partial charge in [0.1, 0.15) is 0 Å². The van der Waals surface area contributed by atoms with Crippen LogP contribution in [0.25, 0.3) is 17.7 Å². The molecule has 0 saturated heterocycles. The summed E-state index contributed by atoms with van der Waals surface area (Å²) in [6.07, 6.45) is 9.54. The van der Waals surface area contributed by atoms with Crippen LogP contribution in [0.2, 0.25) is 0 Å². The van der Waals surface area contributed by atoms with Gasteiger partial charge in [0.25, 0.3) is 0 Å². The van der Waals surface area contributed by atoms with E-state index in [1.54, 1.807) is 0 Å². The predicted octanol–water partition coefficient (Wildman–Crippen LogP) is 7.22. The number of aromatic nitrogens is 1. The molecule has 3 nitrogen and oxygen atoms in total. The second-order valence-electron chi connectivity index (χ2n) is 10.5. The molecule has 2 heterocycles. The van der Waals surface area contributed by atoms with E-state index >= 15 is 0 Å². The van der Waals surface area contributed by atoms with Gasteiger partial charge in [-0.25, -0.2) is 0 Å². The number of fused-ring (bicyclic) bond motifs is 2. The number of aliphatic imine (C=N–C) groups is 1. The van der Waals surface area contributed by atoms with Crippen LogP contribution in [-0.2, 0) is 12.8 Å². The van der Waals surface area contributed by atoms with E-state index in [4.69, 9.17) is 15.7 Å². The lowest BCUT2D eigenvalue weighted by atomic mass is 9.90. The van der Waals surface area contributed by atoms with Crippen molar-refractivity contribution in [2.24, 2.45) is 10.9 Å². The molecule has 0 amide bonds. The van der Waals surface area contributed by atoms with Crippen molar-refractivity contribution in [1.82, 2.24) is 4.98 Å². The molecule has 2 N–H and O–H groups in total. The maximum Gasteiger partial charge on any atom is 0.0706 e. The number of nitrogen functional groups attached to an aromatic ring is 1.